The van der Waals surface area contributed by atoms with Gasteiger partial charge in [0.15, 0.2) is 5.96 Å². The number of para-hydroxylation sites is 1. The molecule has 2 heterocycles. The van der Waals surface area contributed by atoms with E-state index in [1.54, 1.807) is 6.92 Å². The molecule has 0 aliphatic carbocycles. The molecule has 1 aliphatic heterocycles. The Morgan fingerprint density at radius 2 is 2.07 bits per heavy atom. The lowest BCUT2D eigenvalue weighted by molar-refractivity contribution is 0.0657. The van der Waals surface area contributed by atoms with Gasteiger partial charge in [0.05, 0.1) is 13.1 Å². The van der Waals surface area contributed by atoms with Gasteiger partial charge in [-0.1, -0.05) is 18.2 Å². The van der Waals surface area contributed by atoms with Crippen LogP contribution in [0.3, 0.4) is 0 Å². The average Bonchev–Trinajstić information content (AvgIpc) is 3.19. The highest BCUT2D eigenvalue weighted by atomic mass is 16.5. The predicted octanol–water partition coefficient (Wildman–Crippen LogP) is 2.66. The van der Waals surface area contributed by atoms with Crippen LogP contribution in [0, 0.1) is 13.8 Å². The van der Waals surface area contributed by atoms with E-state index in [4.69, 9.17) is 9.15 Å². The van der Waals surface area contributed by atoms with Gasteiger partial charge < -0.3 is 24.9 Å². The molecule has 3 rings (SSSR count). The van der Waals surface area contributed by atoms with Crippen LogP contribution in [-0.4, -0.2) is 36.8 Å². The van der Waals surface area contributed by atoms with E-state index in [-0.39, 0.29) is 12.6 Å². The van der Waals surface area contributed by atoms with Crippen molar-refractivity contribution in [3.05, 3.63) is 53.0 Å². The number of guanidine groups is 1. The Morgan fingerprint density at radius 3 is 2.74 bits per heavy atom. The van der Waals surface area contributed by atoms with Crippen molar-refractivity contribution in [3.63, 3.8) is 0 Å². The van der Waals surface area contributed by atoms with Crippen molar-refractivity contribution in [1.82, 2.24) is 10.6 Å². The van der Waals surface area contributed by atoms with Gasteiger partial charge in [0.1, 0.15) is 29.0 Å². The van der Waals surface area contributed by atoms with Crippen LogP contribution in [0.25, 0.3) is 0 Å². The Balaban J connectivity index is 1.61. The summed E-state index contributed by atoms with van der Waals surface area (Å²) in [7, 11) is 0. The molecule has 2 aromatic rings. The zero-order valence-corrected chi connectivity index (χ0v) is 16.5. The van der Waals surface area contributed by atoms with Crippen molar-refractivity contribution in [2.75, 3.05) is 19.6 Å². The van der Waals surface area contributed by atoms with E-state index in [0.29, 0.717) is 12.5 Å². The van der Waals surface area contributed by atoms with Gasteiger partial charge in [-0.2, -0.15) is 0 Å². The monoisotopic (exact) mass is 371 g/mol. The first-order valence-electron chi connectivity index (χ1n) is 9.45. The van der Waals surface area contributed by atoms with E-state index in [1.165, 1.54) is 5.56 Å². The third-order valence-corrected chi connectivity index (χ3v) is 4.72. The molecular formula is C21H29N3O3. The number of aryl methyl sites for hydroxylation is 2. The number of hydrogen-bond acceptors (Lipinski definition) is 4. The number of aliphatic hydroxyl groups is 1. The quantitative estimate of drug-likeness (QED) is 0.537. The number of rotatable bonds is 6. The zero-order valence-electron chi connectivity index (χ0n) is 16.5. The number of nitrogens with one attached hydrogen (secondary N) is 2. The summed E-state index contributed by atoms with van der Waals surface area (Å²) in [6, 6.07) is 9.99. The molecule has 3 N–H and O–H groups in total. The predicted molar refractivity (Wildman–Crippen MR) is 106 cm³/mol. The van der Waals surface area contributed by atoms with Gasteiger partial charge in [-0.3, -0.25) is 0 Å². The van der Waals surface area contributed by atoms with Gasteiger partial charge in [0.2, 0.25) is 0 Å². The van der Waals surface area contributed by atoms with Crippen LogP contribution >= 0.6 is 0 Å². The highest BCUT2D eigenvalue weighted by Crippen LogP contribution is 2.28. The molecule has 1 aliphatic rings. The van der Waals surface area contributed by atoms with Crippen LogP contribution in [-0.2, 0) is 12.0 Å². The van der Waals surface area contributed by atoms with E-state index in [0.717, 1.165) is 35.8 Å². The van der Waals surface area contributed by atoms with Crippen LogP contribution in [0.4, 0.5) is 0 Å². The Morgan fingerprint density at radius 1 is 1.30 bits per heavy atom. The number of benzene rings is 1. The van der Waals surface area contributed by atoms with Crippen LogP contribution in [0.1, 0.15) is 36.5 Å². The first-order valence-corrected chi connectivity index (χ1v) is 9.45. The van der Waals surface area contributed by atoms with Gasteiger partial charge in [0.25, 0.3) is 0 Å². The molecule has 2 atom stereocenters. The molecule has 1 aromatic carbocycles. The summed E-state index contributed by atoms with van der Waals surface area (Å²) in [6.07, 6.45) is 0.957. The lowest BCUT2D eigenvalue weighted by atomic mass is 9.96. The fourth-order valence-corrected chi connectivity index (χ4v) is 3.40. The molecule has 146 valence electrons. The van der Waals surface area contributed by atoms with Crippen LogP contribution in [0.5, 0.6) is 5.75 Å². The molecule has 0 fully saturated rings. The summed E-state index contributed by atoms with van der Waals surface area (Å²) >= 11 is 0. The van der Waals surface area contributed by atoms with E-state index in [1.807, 2.05) is 45.0 Å². The molecule has 27 heavy (non-hydrogen) atoms. The molecule has 1 aromatic heterocycles. The Hall–Kier alpha value is -2.47. The smallest absolute Gasteiger partial charge is 0.191 e. The largest absolute Gasteiger partial charge is 0.488 e. The van der Waals surface area contributed by atoms with E-state index >= 15 is 0 Å². The van der Waals surface area contributed by atoms with Gasteiger partial charge in [-0.25, -0.2) is 4.99 Å². The lowest BCUT2D eigenvalue weighted by Gasteiger charge is -2.22. The number of fused-ring (bicyclic) bond motifs is 1. The van der Waals surface area contributed by atoms with E-state index in [2.05, 4.69) is 21.7 Å². The van der Waals surface area contributed by atoms with Crippen LogP contribution < -0.4 is 15.4 Å². The summed E-state index contributed by atoms with van der Waals surface area (Å²) < 4.78 is 11.5. The molecule has 0 bridgehead atoms. The molecule has 6 heteroatoms. The van der Waals surface area contributed by atoms with Crippen LogP contribution in [0.2, 0.25) is 0 Å². The molecule has 0 saturated carbocycles. The summed E-state index contributed by atoms with van der Waals surface area (Å²) in [5.74, 6) is 3.13. The summed E-state index contributed by atoms with van der Waals surface area (Å²) in [5.41, 5.74) is 0.916. The number of nitrogens with zero attached hydrogens (tertiary/aromatic N) is 1. The molecular weight excluding hydrogens is 342 g/mol. The Labute approximate surface area is 160 Å². The van der Waals surface area contributed by atoms with E-state index < -0.39 is 5.60 Å². The molecule has 0 radical (unpaired) electrons. The van der Waals surface area contributed by atoms with Gasteiger partial charge in [0, 0.05) is 18.5 Å². The fourth-order valence-electron chi connectivity index (χ4n) is 3.40. The minimum Gasteiger partial charge on any atom is -0.488 e. The zero-order chi connectivity index (χ0) is 19.4. The van der Waals surface area contributed by atoms with Gasteiger partial charge >= 0.3 is 0 Å². The second kappa shape index (κ2) is 8.05. The van der Waals surface area contributed by atoms with Crippen molar-refractivity contribution in [3.8, 4) is 5.75 Å². The second-order valence-corrected chi connectivity index (χ2v) is 7.23. The maximum atomic E-state index is 10.8. The maximum Gasteiger partial charge on any atom is 0.191 e. The van der Waals surface area contributed by atoms with Crippen molar-refractivity contribution in [2.45, 2.75) is 45.8 Å². The summed E-state index contributed by atoms with van der Waals surface area (Å²) in [4.78, 5) is 4.57. The lowest BCUT2D eigenvalue weighted by Crippen LogP contribution is -2.43. The fraction of sp³-hybridized carbons (Fsp3) is 0.476. The normalized spacial score (nSPS) is 18.6. The molecule has 0 spiro atoms. The number of hydrogen-bond donors (Lipinski definition) is 3. The van der Waals surface area contributed by atoms with Crippen molar-refractivity contribution >= 4 is 5.96 Å². The number of aliphatic imine (C=N–C) groups is 1. The van der Waals surface area contributed by atoms with Crippen LogP contribution in [0.15, 0.2) is 39.7 Å². The van der Waals surface area contributed by atoms with Crippen molar-refractivity contribution in [2.24, 2.45) is 4.99 Å². The topological polar surface area (TPSA) is 79.0 Å². The third kappa shape index (κ3) is 4.63. The van der Waals surface area contributed by atoms with Gasteiger partial charge in [-0.05, 0) is 45.4 Å². The molecule has 2 unspecified atom stereocenters. The maximum absolute atomic E-state index is 10.8. The molecule has 0 saturated heterocycles. The van der Waals surface area contributed by atoms with E-state index in [9.17, 15) is 5.11 Å². The minimum absolute atomic E-state index is 0.0746. The Kier molecular flexibility index (Phi) is 5.75. The number of furan rings is 1. The minimum atomic E-state index is -1.09. The third-order valence-electron chi connectivity index (χ3n) is 4.72. The summed E-state index contributed by atoms with van der Waals surface area (Å²) in [6.45, 7) is 9.12. The number of ether oxygens (including phenoxy) is 1. The molecule has 6 nitrogen and oxygen atoms in total. The van der Waals surface area contributed by atoms with Crippen molar-refractivity contribution < 1.29 is 14.3 Å². The van der Waals surface area contributed by atoms with Gasteiger partial charge in [-0.15, -0.1) is 0 Å². The second-order valence-electron chi connectivity index (χ2n) is 7.23. The molecule has 0 amide bonds. The first-order chi connectivity index (χ1) is 12.9. The highest BCUT2D eigenvalue weighted by molar-refractivity contribution is 5.79. The Bertz CT molecular complexity index is 786. The first kappa shape index (κ1) is 19.3. The summed E-state index contributed by atoms with van der Waals surface area (Å²) in [5, 5.41) is 17.4. The average molecular weight is 371 g/mol. The highest BCUT2D eigenvalue weighted by Gasteiger charge is 2.28. The SMILES string of the molecule is CCNC(=NCC(C)(O)c1cc(C)oc1C)NCC1Cc2ccccc2O1. The standard InChI is InChI=1S/C21H29N3O3/c1-5-22-20(23-12-17-11-16-8-6-7-9-19(16)27-17)24-13-21(4,25)18-10-14(2)26-15(18)3/h6-10,17,25H,5,11-13H2,1-4H3,(H2,22,23,24). The van der Waals surface area contributed by atoms with Crippen molar-refractivity contribution in [1.29, 1.82) is 0 Å².